The van der Waals surface area contributed by atoms with Crippen LogP contribution in [-0.2, 0) is 13.7 Å². The van der Waals surface area contributed by atoms with Crippen molar-refractivity contribution in [3.63, 3.8) is 0 Å². The topological polar surface area (TPSA) is 79.5 Å². The maximum absolute atomic E-state index is 9.30. The molecule has 1 aromatic heterocycles. The van der Waals surface area contributed by atoms with Crippen LogP contribution in [0.3, 0.4) is 0 Å². The summed E-state index contributed by atoms with van der Waals surface area (Å²) < 4.78 is 7.48. The zero-order valence-electron chi connectivity index (χ0n) is 12.6. The summed E-state index contributed by atoms with van der Waals surface area (Å²) in [5.41, 5.74) is 2.65. The summed E-state index contributed by atoms with van der Waals surface area (Å²) in [4.78, 5) is 0. The summed E-state index contributed by atoms with van der Waals surface area (Å²) in [5.74, 6) is 0.578. The van der Waals surface area contributed by atoms with Gasteiger partial charge in [-0.1, -0.05) is 11.6 Å². The standard InChI is InChI=1S/C15H20ClN3O3/c1-10-5-12(19(2)18-10)9-22-15-4-3-11(6-14(15)16)17-7-13(21)8-20/h3-6,13,17,20-21H,7-9H2,1-2H3. The number of rotatable bonds is 7. The highest BCUT2D eigenvalue weighted by Gasteiger charge is 2.07. The summed E-state index contributed by atoms with van der Waals surface area (Å²) in [6.07, 6.45) is -0.803. The van der Waals surface area contributed by atoms with Gasteiger partial charge in [-0.05, 0) is 31.2 Å². The molecule has 7 heteroatoms. The van der Waals surface area contributed by atoms with Crippen LogP contribution in [0.15, 0.2) is 24.3 Å². The fourth-order valence-corrected chi connectivity index (χ4v) is 2.21. The van der Waals surface area contributed by atoms with Crippen molar-refractivity contribution >= 4 is 17.3 Å². The lowest BCUT2D eigenvalue weighted by atomic mass is 10.3. The van der Waals surface area contributed by atoms with Gasteiger partial charge in [0.25, 0.3) is 0 Å². The molecule has 1 heterocycles. The molecule has 6 nitrogen and oxygen atoms in total. The first-order valence-corrected chi connectivity index (χ1v) is 7.32. The van der Waals surface area contributed by atoms with Crippen molar-refractivity contribution in [3.8, 4) is 5.75 Å². The number of aryl methyl sites for hydroxylation is 2. The molecular weight excluding hydrogens is 306 g/mol. The van der Waals surface area contributed by atoms with Gasteiger partial charge in [0.2, 0.25) is 0 Å². The second-order valence-electron chi connectivity index (χ2n) is 5.05. The lowest BCUT2D eigenvalue weighted by Crippen LogP contribution is -2.22. The molecule has 2 rings (SSSR count). The Balaban J connectivity index is 1.96. The van der Waals surface area contributed by atoms with Crippen molar-refractivity contribution in [2.24, 2.45) is 7.05 Å². The Morgan fingerprint density at radius 3 is 2.77 bits per heavy atom. The SMILES string of the molecule is Cc1cc(COc2ccc(NCC(O)CO)cc2Cl)n(C)n1. The number of aliphatic hydroxyl groups excluding tert-OH is 2. The van der Waals surface area contributed by atoms with Crippen LogP contribution >= 0.6 is 11.6 Å². The molecule has 22 heavy (non-hydrogen) atoms. The number of halogens is 1. The molecule has 120 valence electrons. The Kier molecular flexibility index (Phi) is 5.65. The van der Waals surface area contributed by atoms with Gasteiger partial charge >= 0.3 is 0 Å². The van der Waals surface area contributed by atoms with Gasteiger partial charge in [-0.15, -0.1) is 0 Å². The number of aliphatic hydroxyl groups is 2. The van der Waals surface area contributed by atoms with Gasteiger partial charge in [-0.2, -0.15) is 5.10 Å². The maximum Gasteiger partial charge on any atom is 0.138 e. The zero-order valence-corrected chi connectivity index (χ0v) is 13.3. The lowest BCUT2D eigenvalue weighted by Gasteiger charge is -2.12. The molecule has 1 unspecified atom stereocenters. The average Bonchev–Trinajstić information content (AvgIpc) is 2.81. The normalized spacial score (nSPS) is 12.2. The lowest BCUT2D eigenvalue weighted by molar-refractivity contribution is 0.105. The van der Waals surface area contributed by atoms with E-state index in [0.29, 0.717) is 17.4 Å². The Morgan fingerprint density at radius 2 is 2.18 bits per heavy atom. The van der Waals surface area contributed by atoms with Crippen LogP contribution in [-0.4, -0.2) is 39.2 Å². The van der Waals surface area contributed by atoms with Gasteiger partial charge in [0, 0.05) is 19.3 Å². The number of nitrogens with one attached hydrogen (secondary N) is 1. The predicted octanol–water partition coefficient (Wildman–Crippen LogP) is 1.73. The van der Waals surface area contributed by atoms with Crippen molar-refractivity contribution in [2.45, 2.75) is 19.6 Å². The van der Waals surface area contributed by atoms with E-state index in [-0.39, 0.29) is 13.2 Å². The molecule has 0 aliphatic carbocycles. The molecular formula is C15H20ClN3O3. The molecule has 0 saturated carbocycles. The smallest absolute Gasteiger partial charge is 0.138 e. The summed E-state index contributed by atoms with van der Waals surface area (Å²) >= 11 is 6.19. The minimum absolute atomic E-state index is 0.251. The van der Waals surface area contributed by atoms with Crippen molar-refractivity contribution in [1.29, 1.82) is 0 Å². The zero-order chi connectivity index (χ0) is 16.1. The third kappa shape index (κ3) is 4.37. The molecule has 0 spiro atoms. The van der Waals surface area contributed by atoms with E-state index in [4.69, 9.17) is 21.4 Å². The van der Waals surface area contributed by atoms with Gasteiger partial charge < -0.3 is 20.3 Å². The third-order valence-electron chi connectivity index (χ3n) is 3.16. The molecule has 1 atom stereocenters. The number of anilines is 1. The highest BCUT2D eigenvalue weighted by Crippen LogP contribution is 2.28. The van der Waals surface area contributed by atoms with Crippen LogP contribution in [0.5, 0.6) is 5.75 Å². The molecule has 0 radical (unpaired) electrons. The Hall–Kier alpha value is -1.76. The first-order chi connectivity index (χ1) is 10.5. The predicted molar refractivity (Wildman–Crippen MR) is 85.3 cm³/mol. The van der Waals surface area contributed by atoms with E-state index in [1.165, 1.54) is 0 Å². The van der Waals surface area contributed by atoms with Gasteiger partial charge in [-0.3, -0.25) is 4.68 Å². The average molecular weight is 326 g/mol. The molecule has 0 aliphatic heterocycles. The monoisotopic (exact) mass is 325 g/mol. The molecule has 3 N–H and O–H groups in total. The number of hydrogen-bond acceptors (Lipinski definition) is 5. The van der Waals surface area contributed by atoms with Gasteiger partial charge in [0.15, 0.2) is 0 Å². The Morgan fingerprint density at radius 1 is 1.41 bits per heavy atom. The number of benzene rings is 1. The highest BCUT2D eigenvalue weighted by atomic mass is 35.5. The Bertz CT molecular complexity index is 630. The van der Waals surface area contributed by atoms with Crippen LogP contribution in [0.2, 0.25) is 5.02 Å². The first kappa shape index (κ1) is 16.6. The first-order valence-electron chi connectivity index (χ1n) is 6.94. The van der Waals surface area contributed by atoms with E-state index in [0.717, 1.165) is 17.1 Å². The van der Waals surface area contributed by atoms with E-state index in [2.05, 4.69) is 10.4 Å². The van der Waals surface area contributed by atoms with Gasteiger partial charge in [0.1, 0.15) is 12.4 Å². The van der Waals surface area contributed by atoms with Crippen LogP contribution < -0.4 is 10.1 Å². The van der Waals surface area contributed by atoms with Crippen LogP contribution in [0.4, 0.5) is 5.69 Å². The summed E-state index contributed by atoms with van der Waals surface area (Å²) in [6, 6.07) is 7.24. The summed E-state index contributed by atoms with van der Waals surface area (Å²) in [5, 5.41) is 25.8. The van der Waals surface area contributed by atoms with Crippen LogP contribution in [0.25, 0.3) is 0 Å². The molecule has 1 aromatic carbocycles. The van der Waals surface area contributed by atoms with Crippen molar-refractivity contribution in [3.05, 3.63) is 40.7 Å². The van der Waals surface area contributed by atoms with Crippen molar-refractivity contribution < 1.29 is 14.9 Å². The summed E-state index contributed by atoms with van der Waals surface area (Å²) in [6.45, 7) is 2.28. The molecule has 2 aromatic rings. The van der Waals surface area contributed by atoms with Crippen LogP contribution in [0.1, 0.15) is 11.4 Å². The van der Waals surface area contributed by atoms with Crippen LogP contribution in [0, 0.1) is 6.92 Å². The number of aromatic nitrogens is 2. The van der Waals surface area contributed by atoms with E-state index >= 15 is 0 Å². The minimum Gasteiger partial charge on any atom is -0.486 e. The van der Waals surface area contributed by atoms with E-state index in [9.17, 15) is 5.11 Å². The molecule has 0 aliphatic rings. The second kappa shape index (κ2) is 7.49. The maximum atomic E-state index is 9.30. The Labute approximate surface area is 134 Å². The minimum atomic E-state index is -0.803. The summed E-state index contributed by atoms with van der Waals surface area (Å²) in [7, 11) is 1.87. The molecule has 0 fully saturated rings. The largest absolute Gasteiger partial charge is 0.486 e. The van der Waals surface area contributed by atoms with E-state index in [1.807, 2.05) is 20.0 Å². The number of hydrogen-bond donors (Lipinski definition) is 3. The van der Waals surface area contributed by atoms with E-state index < -0.39 is 6.10 Å². The number of nitrogens with zero attached hydrogens (tertiary/aromatic N) is 2. The second-order valence-corrected chi connectivity index (χ2v) is 5.46. The van der Waals surface area contributed by atoms with Crippen molar-refractivity contribution in [1.82, 2.24) is 9.78 Å². The van der Waals surface area contributed by atoms with Crippen molar-refractivity contribution in [2.75, 3.05) is 18.5 Å². The quantitative estimate of drug-likeness (QED) is 0.722. The fraction of sp³-hybridized carbons (Fsp3) is 0.400. The molecule has 0 saturated heterocycles. The molecule has 0 bridgehead atoms. The van der Waals surface area contributed by atoms with E-state index in [1.54, 1.807) is 22.9 Å². The molecule has 0 amide bonds. The fourth-order valence-electron chi connectivity index (χ4n) is 1.98. The highest BCUT2D eigenvalue weighted by molar-refractivity contribution is 6.32. The van der Waals surface area contributed by atoms with Gasteiger partial charge in [0.05, 0.1) is 29.1 Å². The third-order valence-corrected chi connectivity index (χ3v) is 3.45. The van der Waals surface area contributed by atoms with Gasteiger partial charge in [-0.25, -0.2) is 0 Å². The number of ether oxygens (including phenoxy) is 1.